The predicted molar refractivity (Wildman–Crippen MR) is 71.9 cm³/mol. The Balaban J connectivity index is 0.000000511. The molecule has 0 saturated carbocycles. The summed E-state index contributed by atoms with van der Waals surface area (Å²) < 4.78 is 9.44. The molecule has 0 bridgehead atoms. The fourth-order valence-corrected chi connectivity index (χ4v) is 1.52. The van der Waals surface area contributed by atoms with Gasteiger partial charge in [-0.25, -0.2) is 14.6 Å². The van der Waals surface area contributed by atoms with Crippen LogP contribution < -0.4 is 5.73 Å². The molecule has 0 aromatic rings. The van der Waals surface area contributed by atoms with Gasteiger partial charge in [0.15, 0.2) is 0 Å². The molecule has 0 aromatic carbocycles. The molecule has 1 fully saturated rings. The van der Waals surface area contributed by atoms with Crippen molar-refractivity contribution in [1.29, 1.82) is 5.41 Å². The van der Waals surface area contributed by atoms with Crippen molar-refractivity contribution >= 4 is 29.5 Å². The van der Waals surface area contributed by atoms with Crippen molar-refractivity contribution < 1.29 is 24.2 Å². The molecule has 1 atom stereocenters. The van der Waals surface area contributed by atoms with Gasteiger partial charge in [-0.1, -0.05) is 0 Å². The molecule has 4 N–H and O–H groups in total. The van der Waals surface area contributed by atoms with Gasteiger partial charge in [-0.2, -0.15) is 5.01 Å². The Kier molecular flexibility index (Phi) is 9.64. The number of morpholine rings is 1. The van der Waals surface area contributed by atoms with Crippen molar-refractivity contribution in [2.24, 2.45) is 5.73 Å². The Hall–Kier alpha value is -1.42. The average Bonchev–Trinajstić information content (AvgIpc) is 2.40. The third-order valence-corrected chi connectivity index (χ3v) is 2.37. The summed E-state index contributed by atoms with van der Waals surface area (Å²) >= 11 is 4.72. The van der Waals surface area contributed by atoms with Gasteiger partial charge in [0.1, 0.15) is 6.34 Å². The van der Waals surface area contributed by atoms with Gasteiger partial charge in [-0.05, 0) is 6.92 Å². The number of nitrogens with two attached hydrogens (primary N) is 1. The lowest BCUT2D eigenvalue weighted by molar-refractivity contribution is -0.0775. The standard InChI is InChI=1S/C7H14N4O3.C3H5ClO2/c8-3-6-4-10(1-2-14-6)11(5-9)7(12)13;1-2-6-3(4)5/h5-6,9H,1-4,8H2,(H,12,13);2H2,1H3. The van der Waals surface area contributed by atoms with E-state index in [9.17, 15) is 9.59 Å². The minimum atomic E-state index is -1.17. The molecule has 1 rings (SSSR count). The van der Waals surface area contributed by atoms with Gasteiger partial charge in [0.25, 0.3) is 0 Å². The van der Waals surface area contributed by atoms with Crippen LogP contribution in [0.25, 0.3) is 0 Å². The Labute approximate surface area is 121 Å². The average molecular weight is 311 g/mol. The summed E-state index contributed by atoms with van der Waals surface area (Å²) in [5.41, 5.74) is 4.67. The van der Waals surface area contributed by atoms with E-state index in [1.54, 1.807) is 6.92 Å². The molecule has 0 radical (unpaired) electrons. The van der Waals surface area contributed by atoms with Crippen molar-refractivity contribution in [1.82, 2.24) is 10.0 Å². The van der Waals surface area contributed by atoms with Gasteiger partial charge in [0, 0.05) is 31.2 Å². The van der Waals surface area contributed by atoms with Gasteiger partial charge >= 0.3 is 11.5 Å². The maximum absolute atomic E-state index is 10.7. The van der Waals surface area contributed by atoms with Crippen LogP contribution in [-0.2, 0) is 9.47 Å². The predicted octanol–water partition coefficient (Wildman–Crippen LogP) is 0.530. The Morgan fingerprint density at radius 1 is 1.70 bits per heavy atom. The molecule has 1 amide bonds. The Morgan fingerprint density at radius 2 is 2.35 bits per heavy atom. The number of hydrogen-bond acceptors (Lipinski definition) is 7. The maximum Gasteiger partial charge on any atom is 0.427 e. The summed E-state index contributed by atoms with van der Waals surface area (Å²) in [7, 11) is 0. The van der Waals surface area contributed by atoms with Crippen LogP contribution in [0.15, 0.2) is 0 Å². The monoisotopic (exact) mass is 310 g/mol. The number of hydrogen-bond donors (Lipinski definition) is 3. The molecular formula is C10H19ClN4O5. The lowest BCUT2D eigenvalue weighted by Crippen LogP contribution is -2.54. The lowest BCUT2D eigenvalue weighted by atomic mass is 10.3. The zero-order valence-electron chi connectivity index (χ0n) is 11.1. The van der Waals surface area contributed by atoms with Crippen LogP contribution in [0.5, 0.6) is 0 Å². The van der Waals surface area contributed by atoms with E-state index in [4.69, 9.17) is 32.6 Å². The molecular weight excluding hydrogens is 292 g/mol. The molecule has 10 heteroatoms. The summed E-state index contributed by atoms with van der Waals surface area (Å²) in [6.45, 7) is 3.68. The minimum Gasteiger partial charge on any atom is -0.464 e. The van der Waals surface area contributed by atoms with Gasteiger partial charge < -0.3 is 20.3 Å². The number of ether oxygens (including phenoxy) is 2. The van der Waals surface area contributed by atoms with Crippen molar-refractivity contribution in [3.05, 3.63) is 0 Å². The summed E-state index contributed by atoms with van der Waals surface area (Å²) in [6.07, 6.45) is -0.565. The third kappa shape index (κ3) is 7.24. The Morgan fingerprint density at radius 3 is 2.70 bits per heavy atom. The zero-order chi connectivity index (χ0) is 15.5. The molecule has 1 saturated heterocycles. The normalized spacial score (nSPS) is 18.4. The van der Waals surface area contributed by atoms with Crippen LogP contribution in [0.4, 0.5) is 9.59 Å². The number of carbonyl (C=O) groups is 2. The molecule has 1 heterocycles. The van der Waals surface area contributed by atoms with Crippen LogP contribution in [0.1, 0.15) is 6.92 Å². The van der Waals surface area contributed by atoms with Gasteiger partial charge in [-0.3, -0.25) is 5.41 Å². The van der Waals surface area contributed by atoms with Gasteiger partial charge in [-0.15, -0.1) is 0 Å². The number of halogens is 1. The number of carboxylic acid groups (broad SMARTS) is 1. The fourth-order valence-electron chi connectivity index (χ4n) is 1.41. The first-order chi connectivity index (χ1) is 9.46. The van der Waals surface area contributed by atoms with Crippen LogP contribution in [0, 0.1) is 5.41 Å². The highest BCUT2D eigenvalue weighted by molar-refractivity contribution is 6.61. The highest BCUT2D eigenvalue weighted by Crippen LogP contribution is 2.06. The van der Waals surface area contributed by atoms with Crippen LogP contribution in [-0.4, -0.2) is 71.9 Å². The van der Waals surface area contributed by atoms with Crippen LogP contribution in [0.2, 0.25) is 0 Å². The topological polar surface area (TPSA) is 129 Å². The third-order valence-electron chi connectivity index (χ3n) is 2.26. The molecule has 9 nitrogen and oxygen atoms in total. The summed E-state index contributed by atoms with van der Waals surface area (Å²) in [5, 5.41) is 18.1. The number of rotatable bonds is 4. The molecule has 0 spiro atoms. The van der Waals surface area contributed by atoms with E-state index >= 15 is 0 Å². The number of carbonyl (C=O) groups excluding carboxylic acids is 1. The number of nitrogens with one attached hydrogen (secondary N) is 1. The highest BCUT2D eigenvalue weighted by Gasteiger charge is 2.25. The van der Waals surface area contributed by atoms with E-state index in [0.717, 1.165) is 11.3 Å². The zero-order valence-corrected chi connectivity index (χ0v) is 11.9. The maximum atomic E-state index is 10.7. The number of hydrazine groups is 1. The first-order valence-corrected chi connectivity index (χ1v) is 6.25. The second-order valence-electron chi connectivity index (χ2n) is 3.57. The molecule has 116 valence electrons. The van der Waals surface area contributed by atoms with E-state index in [-0.39, 0.29) is 6.10 Å². The smallest absolute Gasteiger partial charge is 0.427 e. The molecule has 1 unspecified atom stereocenters. The SMILES string of the molecule is CCOC(=O)Cl.N=CN(C(=O)O)N1CCOC(CN)C1. The first-order valence-electron chi connectivity index (χ1n) is 5.87. The molecule has 1 aliphatic heterocycles. The van der Waals surface area contributed by atoms with E-state index in [0.29, 0.717) is 32.8 Å². The van der Waals surface area contributed by atoms with Gasteiger partial charge in [0.2, 0.25) is 0 Å². The van der Waals surface area contributed by atoms with E-state index in [1.807, 2.05) is 0 Å². The molecule has 0 aromatic heterocycles. The van der Waals surface area contributed by atoms with Gasteiger partial charge in [0.05, 0.1) is 19.3 Å². The molecule has 1 aliphatic rings. The minimum absolute atomic E-state index is 0.162. The molecule has 20 heavy (non-hydrogen) atoms. The van der Waals surface area contributed by atoms with Crippen molar-refractivity contribution in [2.75, 3.05) is 32.8 Å². The number of amides is 1. The summed E-state index contributed by atoms with van der Waals surface area (Å²) in [5.74, 6) is 0. The fraction of sp³-hybridized carbons (Fsp3) is 0.700. The lowest BCUT2D eigenvalue weighted by Gasteiger charge is -2.35. The molecule has 0 aliphatic carbocycles. The second kappa shape index (κ2) is 10.4. The van der Waals surface area contributed by atoms with Crippen molar-refractivity contribution in [3.63, 3.8) is 0 Å². The summed E-state index contributed by atoms with van der Waals surface area (Å²) in [6, 6.07) is 0. The highest BCUT2D eigenvalue weighted by atomic mass is 35.5. The Bertz CT molecular complexity index is 331. The second-order valence-corrected chi connectivity index (χ2v) is 3.88. The largest absolute Gasteiger partial charge is 0.464 e. The van der Waals surface area contributed by atoms with Crippen molar-refractivity contribution in [2.45, 2.75) is 13.0 Å². The van der Waals surface area contributed by atoms with E-state index < -0.39 is 11.5 Å². The van der Waals surface area contributed by atoms with Crippen LogP contribution >= 0.6 is 11.6 Å². The quantitative estimate of drug-likeness (QED) is 0.392. The van der Waals surface area contributed by atoms with Crippen molar-refractivity contribution in [3.8, 4) is 0 Å². The number of nitrogens with zero attached hydrogens (tertiary/aromatic N) is 2. The first kappa shape index (κ1) is 18.6. The van der Waals surface area contributed by atoms with E-state index in [1.165, 1.54) is 5.01 Å². The summed E-state index contributed by atoms with van der Waals surface area (Å²) in [4.78, 5) is 20.3. The van der Waals surface area contributed by atoms with E-state index in [2.05, 4.69) is 4.74 Å². The van der Waals surface area contributed by atoms with Crippen LogP contribution in [0.3, 0.4) is 0 Å².